The molecule has 0 aromatic rings. The maximum atomic E-state index is 12.9. The molecule has 21 heavy (non-hydrogen) atoms. The Morgan fingerprint density at radius 2 is 1.52 bits per heavy atom. The molecule has 118 valence electrons. The summed E-state index contributed by atoms with van der Waals surface area (Å²) >= 11 is 0. The Kier molecular flexibility index (Phi) is 4.34. The lowest BCUT2D eigenvalue weighted by molar-refractivity contribution is -0.144. The van der Waals surface area contributed by atoms with Crippen LogP contribution < -0.4 is 0 Å². The lowest BCUT2D eigenvalue weighted by Crippen LogP contribution is -2.51. The fraction of sp³-hybridized carbons (Fsp3) is 0.882. The van der Waals surface area contributed by atoms with E-state index in [9.17, 15) is 9.59 Å². The van der Waals surface area contributed by atoms with Crippen LogP contribution in [0.2, 0.25) is 0 Å². The summed E-state index contributed by atoms with van der Waals surface area (Å²) in [4.78, 5) is 29.2. The molecule has 1 amide bonds. The molecule has 3 aliphatic heterocycles. The Balaban J connectivity index is 1.63. The van der Waals surface area contributed by atoms with Crippen molar-refractivity contribution >= 4 is 11.7 Å². The molecule has 2 unspecified atom stereocenters. The molecule has 0 aromatic carbocycles. The summed E-state index contributed by atoms with van der Waals surface area (Å²) in [5.41, 5.74) is 0. The molecule has 3 saturated heterocycles. The molecule has 0 aliphatic carbocycles. The zero-order valence-corrected chi connectivity index (χ0v) is 13.4. The van der Waals surface area contributed by atoms with Crippen LogP contribution in [0.1, 0.15) is 52.4 Å². The predicted molar refractivity (Wildman–Crippen MR) is 81.9 cm³/mol. The minimum Gasteiger partial charge on any atom is -0.336 e. The van der Waals surface area contributed by atoms with E-state index in [0.717, 1.165) is 58.2 Å². The maximum absolute atomic E-state index is 12.9. The zero-order chi connectivity index (χ0) is 15.0. The fourth-order valence-corrected chi connectivity index (χ4v) is 4.58. The summed E-state index contributed by atoms with van der Waals surface area (Å²) in [7, 11) is 0. The second kappa shape index (κ2) is 6.07. The van der Waals surface area contributed by atoms with Crippen LogP contribution in [0.25, 0.3) is 0 Å². The van der Waals surface area contributed by atoms with Crippen LogP contribution in [-0.2, 0) is 9.59 Å². The Labute approximate surface area is 127 Å². The highest BCUT2D eigenvalue weighted by Gasteiger charge is 2.45. The van der Waals surface area contributed by atoms with Gasteiger partial charge in [-0.05, 0) is 65.1 Å². The van der Waals surface area contributed by atoms with Gasteiger partial charge in [0.15, 0.2) is 0 Å². The Hall–Kier alpha value is -0.900. The number of hydrogen-bond donors (Lipinski definition) is 0. The van der Waals surface area contributed by atoms with Crippen molar-refractivity contribution in [3.8, 4) is 0 Å². The fourth-order valence-electron chi connectivity index (χ4n) is 4.58. The molecule has 0 saturated carbocycles. The number of fused-ring (bicyclic) bond motifs is 2. The Morgan fingerprint density at radius 1 is 0.952 bits per heavy atom. The molecular formula is C17H28N2O2. The van der Waals surface area contributed by atoms with Gasteiger partial charge in [-0.25, -0.2) is 0 Å². The summed E-state index contributed by atoms with van der Waals surface area (Å²) in [5.74, 6) is 1.13. The van der Waals surface area contributed by atoms with Crippen molar-refractivity contribution in [2.75, 3.05) is 19.6 Å². The third-order valence-electron chi connectivity index (χ3n) is 5.95. The monoisotopic (exact) mass is 292 g/mol. The van der Waals surface area contributed by atoms with Crippen molar-refractivity contribution in [2.45, 2.75) is 64.5 Å². The summed E-state index contributed by atoms with van der Waals surface area (Å²) in [5, 5.41) is 0. The summed E-state index contributed by atoms with van der Waals surface area (Å²) in [6, 6.07) is 0.684. The first-order valence-electron chi connectivity index (χ1n) is 8.65. The number of rotatable bonds is 3. The van der Waals surface area contributed by atoms with Crippen LogP contribution >= 0.6 is 0 Å². The molecule has 3 aliphatic rings. The van der Waals surface area contributed by atoms with Gasteiger partial charge < -0.3 is 9.80 Å². The first-order valence-corrected chi connectivity index (χ1v) is 8.65. The van der Waals surface area contributed by atoms with Gasteiger partial charge in [0, 0.05) is 23.9 Å². The first-order chi connectivity index (χ1) is 10.1. The normalized spacial score (nSPS) is 34.2. The molecule has 0 N–H and O–H groups in total. The third kappa shape index (κ3) is 2.87. The molecule has 0 radical (unpaired) electrons. The van der Waals surface area contributed by atoms with E-state index in [1.807, 2.05) is 0 Å². The largest absolute Gasteiger partial charge is 0.336 e. The van der Waals surface area contributed by atoms with E-state index in [2.05, 4.69) is 16.7 Å². The van der Waals surface area contributed by atoms with Crippen molar-refractivity contribution in [2.24, 2.45) is 11.8 Å². The average molecular weight is 292 g/mol. The van der Waals surface area contributed by atoms with E-state index < -0.39 is 0 Å². The number of Topliss-reactive ketones (excluding diaryl/α,β-unsaturated/α-hetero) is 1. The molecule has 0 aromatic heterocycles. The van der Waals surface area contributed by atoms with E-state index in [-0.39, 0.29) is 11.8 Å². The van der Waals surface area contributed by atoms with E-state index in [4.69, 9.17) is 0 Å². The molecule has 0 spiro atoms. The minimum atomic E-state index is 0.202. The predicted octanol–water partition coefficient (Wildman–Crippen LogP) is 2.08. The van der Waals surface area contributed by atoms with Crippen LogP contribution in [0.3, 0.4) is 0 Å². The average Bonchev–Trinajstić information content (AvgIpc) is 2.76. The summed E-state index contributed by atoms with van der Waals surface area (Å²) < 4.78 is 0. The molecule has 2 atom stereocenters. The summed E-state index contributed by atoms with van der Waals surface area (Å²) in [6.45, 7) is 7.12. The lowest BCUT2D eigenvalue weighted by Gasteiger charge is -2.41. The van der Waals surface area contributed by atoms with Gasteiger partial charge in [0.25, 0.3) is 0 Å². The summed E-state index contributed by atoms with van der Waals surface area (Å²) in [6.07, 6.45) is 6.05. The molecule has 4 nitrogen and oxygen atoms in total. The van der Waals surface area contributed by atoms with Crippen molar-refractivity contribution in [1.82, 2.24) is 9.80 Å². The van der Waals surface area contributed by atoms with Crippen molar-refractivity contribution in [3.63, 3.8) is 0 Å². The molecular weight excluding hydrogens is 264 g/mol. The van der Waals surface area contributed by atoms with Crippen LogP contribution in [0.4, 0.5) is 0 Å². The molecule has 3 rings (SSSR count). The molecule has 2 bridgehead atoms. The highest BCUT2D eigenvalue weighted by atomic mass is 16.2. The van der Waals surface area contributed by atoms with Gasteiger partial charge in [-0.3, -0.25) is 9.59 Å². The van der Waals surface area contributed by atoms with Crippen molar-refractivity contribution in [3.05, 3.63) is 0 Å². The van der Waals surface area contributed by atoms with Gasteiger partial charge >= 0.3 is 0 Å². The molecule has 4 heteroatoms. The SMILES string of the molecule is CCN1CCC(C(=O)N2C3CCC2CC(C(C)=O)C3)CC1. The first kappa shape index (κ1) is 15.0. The lowest BCUT2D eigenvalue weighted by atomic mass is 9.86. The zero-order valence-electron chi connectivity index (χ0n) is 13.4. The van der Waals surface area contributed by atoms with Crippen molar-refractivity contribution < 1.29 is 9.59 Å². The van der Waals surface area contributed by atoms with Gasteiger partial charge in [0.2, 0.25) is 5.91 Å². The number of ketones is 1. The Morgan fingerprint density at radius 3 is 2.00 bits per heavy atom. The number of nitrogens with zero attached hydrogens (tertiary/aromatic N) is 2. The second-order valence-electron chi connectivity index (χ2n) is 7.12. The topological polar surface area (TPSA) is 40.6 Å². The number of hydrogen-bond acceptors (Lipinski definition) is 3. The molecule has 3 fully saturated rings. The van der Waals surface area contributed by atoms with Crippen LogP contribution in [-0.4, -0.2) is 53.2 Å². The van der Waals surface area contributed by atoms with E-state index in [1.165, 1.54) is 0 Å². The van der Waals surface area contributed by atoms with Gasteiger partial charge in [-0.1, -0.05) is 6.92 Å². The smallest absolute Gasteiger partial charge is 0.226 e. The molecule has 3 heterocycles. The number of carbonyl (C=O) groups excluding carboxylic acids is 2. The van der Waals surface area contributed by atoms with Crippen LogP contribution in [0.5, 0.6) is 0 Å². The number of amides is 1. The van der Waals surface area contributed by atoms with E-state index in [0.29, 0.717) is 23.8 Å². The highest BCUT2D eigenvalue weighted by Crippen LogP contribution is 2.40. The van der Waals surface area contributed by atoms with Gasteiger partial charge in [0.05, 0.1) is 0 Å². The highest BCUT2D eigenvalue weighted by molar-refractivity contribution is 5.82. The van der Waals surface area contributed by atoms with Gasteiger partial charge in [-0.15, -0.1) is 0 Å². The van der Waals surface area contributed by atoms with E-state index in [1.54, 1.807) is 6.92 Å². The number of carbonyl (C=O) groups is 2. The van der Waals surface area contributed by atoms with Gasteiger partial charge in [-0.2, -0.15) is 0 Å². The number of likely N-dealkylation sites (tertiary alicyclic amines) is 1. The van der Waals surface area contributed by atoms with Crippen LogP contribution in [0, 0.1) is 11.8 Å². The van der Waals surface area contributed by atoms with Gasteiger partial charge in [0.1, 0.15) is 5.78 Å². The van der Waals surface area contributed by atoms with E-state index >= 15 is 0 Å². The standard InChI is InChI=1S/C17H28N2O2/c1-3-18-8-6-13(7-9-18)17(21)19-15-4-5-16(19)11-14(10-15)12(2)20/h13-16H,3-11H2,1-2H3. The maximum Gasteiger partial charge on any atom is 0.226 e. The minimum absolute atomic E-state index is 0.202. The number of piperidine rings is 2. The quantitative estimate of drug-likeness (QED) is 0.799. The van der Waals surface area contributed by atoms with Crippen molar-refractivity contribution in [1.29, 1.82) is 0 Å². The third-order valence-corrected chi connectivity index (χ3v) is 5.95. The second-order valence-corrected chi connectivity index (χ2v) is 7.12. The Bertz CT molecular complexity index is 401. The van der Waals surface area contributed by atoms with Crippen LogP contribution in [0.15, 0.2) is 0 Å².